The van der Waals surface area contributed by atoms with Gasteiger partial charge in [0.2, 0.25) is 5.91 Å². The van der Waals surface area contributed by atoms with Crippen LogP contribution in [0, 0.1) is 10.1 Å². The highest BCUT2D eigenvalue weighted by atomic mass is 32.2. The Labute approximate surface area is 240 Å². The number of anilines is 1. The standard InChI is InChI=1S/C29H28N6O5S/c1-2-40-24-15-13-22(14-16-24)34-26(18-30-28(37)21-9-11-23(12-10-21)35(38)39)31-32-29(34)41-19-27(36)33-17-5-7-20-6-3-4-8-25(20)33/h3-4,6,8-16H,2,5,7,17-19H2,1H3,(H,30,37). The zero-order chi connectivity index (χ0) is 28.8. The van der Waals surface area contributed by atoms with Gasteiger partial charge in [0, 0.05) is 35.6 Å². The highest BCUT2D eigenvalue weighted by Gasteiger charge is 2.24. The summed E-state index contributed by atoms with van der Waals surface area (Å²) in [5.74, 6) is 0.914. The van der Waals surface area contributed by atoms with Gasteiger partial charge in [0.15, 0.2) is 11.0 Å². The number of carbonyl (C=O) groups is 2. The summed E-state index contributed by atoms with van der Waals surface area (Å²) in [7, 11) is 0. The number of ether oxygens (including phenoxy) is 1. The quantitative estimate of drug-likeness (QED) is 0.166. The number of benzene rings is 3. The molecule has 4 aromatic rings. The van der Waals surface area contributed by atoms with Crippen molar-refractivity contribution >= 4 is 35.0 Å². The van der Waals surface area contributed by atoms with Crippen LogP contribution in [-0.4, -0.2) is 50.4 Å². The molecule has 2 amide bonds. The first-order chi connectivity index (χ1) is 19.9. The number of rotatable bonds is 10. The second-order valence-electron chi connectivity index (χ2n) is 9.21. The molecule has 0 bridgehead atoms. The van der Waals surface area contributed by atoms with E-state index < -0.39 is 10.8 Å². The van der Waals surface area contributed by atoms with E-state index in [0.717, 1.165) is 24.2 Å². The predicted molar refractivity (Wildman–Crippen MR) is 155 cm³/mol. The van der Waals surface area contributed by atoms with E-state index in [0.29, 0.717) is 29.9 Å². The highest BCUT2D eigenvalue weighted by molar-refractivity contribution is 7.99. The number of hydrogen-bond acceptors (Lipinski definition) is 8. The van der Waals surface area contributed by atoms with E-state index >= 15 is 0 Å². The number of aromatic nitrogens is 3. The van der Waals surface area contributed by atoms with E-state index in [1.165, 1.54) is 41.6 Å². The number of nitrogens with zero attached hydrogens (tertiary/aromatic N) is 5. The number of nitrogens with one attached hydrogen (secondary N) is 1. The highest BCUT2D eigenvalue weighted by Crippen LogP contribution is 2.29. The maximum atomic E-state index is 13.3. The molecule has 1 aromatic heterocycles. The zero-order valence-corrected chi connectivity index (χ0v) is 23.2. The van der Waals surface area contributed by atoms with Crippen molar-refractivity contribution in [3.63, 3.8) is 0 Å². The lowest BCUT2D eigenvalue weighted by Gasteiger charge is -2.29. The van der Waals surface area contributed by atoms with Crippen molar-refractivity contribution in [3.8, 4) is 11.4 Å². The van der Waals surface area contributed by atoms with Gasteiger partial charge in [-0.15, -0.1) is 10.2 Å². The first kappa shape index (κ1) is 27.8. The number of carbonyl (C=O) groups excluding carboxylic acids is 2. The Balaban J connectivity index is 1.35. The number of hydrogen-bond donors (Lipinski definition) is 1. The third kappa shape index (κ3) is 6.38. The minimum Gasteiger partial charge on any atom is -0.494 e. The zero-order valence-electron chi connectivity index (χ0n) is 22.4. The number of amides is 2. The molecule has 0 radical (unpaired) electrons. The molecule has 2 heterocycles. The molecule has 0 saturated carbocycles. The predicted octanol–water partition coefficient (Wildman–Crippen LogP) is 4.58. The topological polar surface area (TPSA) is 132 Å². The fourth-order valence-electron chi connectivity index (χ4n) is 4.62. The lowest BCUT2D eigenvalue weighted by Crippen LogP contribution is -2.36. The number of non-ortho nitro benzene ring substituents is 1. The van der Waals surface area contributed by atoms with Gasteiger partial charge >= 0.3 is 0 Å². The SMILES string of the molecule is CCOc1ccc(-n2c(CNC(=O)c3ccc([N+](=O)[O-])cc3)nnc2SCC(=O)N2CCCc3ccccc32)cc1. The van der Waals surface area contributed by atoms with Crippen LogP contribution in [0.15, 0.2) is 78.0 Å². The molecule has 0 unspecified atom stereocenters. The largest absolute Gasteiger partial charge is 0.494 e. The van der Waals surface area contributed by atoms with E-state index in [-0.39, 0.29) is 29.5 Å². The Morgan fingerprint density at radius 3 is 2.54 bits per heavy atom. The van der Waals surface area contributed by atoms with Crippen molar-refractivity contribution in [1.29, 1.82) is 0 Å². The van der Waals surface area contributed by atoms with Crippen LogP contribution in [0.25, 0.3) is 5.69 Å². The molecule has 5 rings (SSSR count). The summed E-state index contributed by atoms with van der Waals surface area (Å²) in [6.45, 7) is 3.16. The molecular formula is C29H28N6O5S. The second kappa shape index (κ2) is 12.6. The van der Waals surface area contributed by atoms with Crippen molar-refractivity contribution < 1.29 is 19.2 Å². The fourth-order valence-corrected chi connectivity index (χ4v) is 5.47. The Kier molecular flexibility index (Phi) is 8.59. The van der Waals surface area contributed by atoms with Crippen LogP contribution in [-0.2, 0) is 17.8 Å². The molecular weight excluding hydrogens is 544 g/mol. The summed E-state index contributed by atoms with van der Waals surface area (Å²) >= 11 is 1.28. The summed E-state index contributed by atoms with van der Waals surface area (Å²) in [6.07, 6.45) is 1.86. The molecule has 3 aromatic carbocycles. The van der Waals surface area contributed by atoms with Crippen LogP contribution >= 0.6 is 11.8 Å². The smallest absolute Gasteiger partial charge is 0.269 e. The number of nitro groups is 1. The summed E-state index contributed by atoms with van der Waals surface area (Å²) in [5.41, 5.74) is 3.05. The van der Waals surface area contributed by atoms with Gasteiger partial charge in [-0.05, 0) is 67.8 Å². The van der Waals surface area contributed by atoms with Crippen molar-refractivity contribution in [2.75, 3.05) is 23.8 Å². The van der Waals surface area contributed by atoms with E-state index in [2.05, 4.69) is 21.6 Å². The third-order valence-electron chi connectivity index (χ3n) is 6.59. The molecule has 0 atom stereocenters. The number of nitro benzene ring substituents is 1. The van der Waals surface area contributed by atoms with Gasteiger partial charge in [0.05, 0.1) is 23.8 Å². The minimum atomic E-state index is -0.519. The van der Waals surface area contributed by atoms with Crippen LogP contribution in [0.2, 0.25) is 0 Å². The Hall–Kier alpha value is -4.71. The Morgan fingerprint density at radius 2 is 1.80 bits per heavy atom. The van der Waals surface area contributed by atoms with Crippen LogP contribution < -0.4 is 15.0 Å². The van der Waals surface area contributed by atoms with Gasteiger partial charge in [0.1, 0.15) is 5.75 Å². The number of aryl methyl sites for hydroxylation is 1. The van der Waals surface area contributed by atoms with Crippen LogP contribution in [0.3, 0.4) is 0 Å². The van der Waals surface area contributed by atoms with Gasteiger partial charge in [-0.3, -0.25) is 24.3 Å². The normalized spacial score (nSPS) is 12.5. The number of para-hydroxylation sites is 1. The van der Waals surface area contributed by atoms with E-state index in [1.807, 2.05) is 54.3 Å². The lowest BCUT2D eigenvalue weighted by molar-refractivity contribution is -0.384. The molecule has 11 nitrogen and oxygen atoms in total. The van der Waals surface area contributed by atoms with Gasteiger partial charge in [-0.1, -0.05) is 30.0 Å². The van der Waals surface area contributed by atoms with Gasteiger partial charge in [-0.2, -0.15) is 0 Å². The van der Waals surface area contributed by atoms with Gasteiger partial charge in [0.25, 0.3) is 11.6 Å². The average molecular weight is 573 g/mol. The molecule has 1 aliphatic rings. The molecule has 1 N–H and O–H groups in total. The summed E-state index contributed by atoms with van der Waals surface area (Å²) in [6, 6.07) is 20.7. The summed E-state index contributed by atoms with van der Waals surface area (Å²) in [4.78, 5) is 38.3. The van der Waals surface area contributed by atoms with Crippen molar-refractivity contribution in [3.05, 3.63) is 99.9 Å². The van der Waals surface area contributed by atoms with E-state index in [1.54, 1.807) is 4.57 Å². The van der Waals surface area contributed by atoms with Crippen LogP contribution in [0.5, 0.6) is 5.75 Å². The number of thioether (sulfide) groups is 1. The molecule has 0 saturated heterocycles. The van der Waals surface area contributed by atoms with Crippen molar-refractivity contribution in [2.45, 2.75) is 31.5 Å². The molecule has 0 fully saturated rings. The van der Waals surface area contributed by atoms with Crippen molar-refractivity contribution in [2.24, 2.45) is 0 Å². The van der Waals surface area contributed by atoms with Crippen molar-refractivity contribution in [1.82, 2.24) is 20.1 Å². The molecule has 12 heteroatoms. The maximum Gasteiger partial charge on any atom is 0.269 e. The lowest BCUT2D eigenvalue weighted by atomic mass is 10.0. The minimum absolute atomic E-state index is 0.0172. The molecule has 41 heavy (non-hydrogen) atoms. The summed E-state index contributed by atoms with van der Waals surface area (Å²) < 4.78 is 7.37. The Bertz CT molecular complexity index is 1550. The van der Waals surface area contributed by atoms with E-state index in [9.17, 15) is 19.7 Å². The van der Waals surface area contributed by atoms with Crippen LogP contribution in [0.1, 0.15) is 35.1 Å². The maximum absolute atomic E-state index is 13.3. The number of fused-ring (bicyclic) bond motifs is 1. The van der Waals surface area contributed by atoms with Crippen LogP contribution in [0.4, 0.5) is 11.4 Å². The average Bonchev–Trinajstić information content (AvgIpc) is 3.41. The molecule has 0 spiro atoms. The second-order valence-corrected chi connectivity index (χ2v) is 10.2. The molecule has 0 aliphatic carbocycles. The monoisotopic (exact) mass is 572 g/mol. The van der Waals surface area contributed by atoms with E-state index in [4.69, 9.17) is 4.74 Å². The molecule has 1 aliphatic heterocycles. The van der Waals surface area contributed by atoms with Gasteiger partial charge < -0.3 is 15.0 Å². The van der Waals surface area contributed by atoms with Gasteiger partial charge in [-0.25, -0.2) is 0 Å². The first-order valence-corrected chi connectivity index (χ1v) is 14.1. The summed E-state index contributed by atoms with van der Waals surface area (Å²) in [5, 5.41) is 22.9. The first-order valence-electron chi connectivity index (χ1n) is 13.2. The Morgan fingerprint density at radius 1 is 1.05 bits per heavy atom. The molecule has 210 valence electrons. The fraction of sp³-hybridized carbons (Fsp3) is 0.241. The third-order valence-corrected chi connectivity index (χ3v) is 7.50.